The van der Waals surface area contributed by atoms with Gasteiger partial charge in [0.1, 0.15) is 0 Å². The van der Waals surface area contributed by atoms with Crippen LogP contribution in [0.5, 0.6) is 0 Å². The van der Waals surface area contributed by atoms with Gasteiger partial charge in [-0.1, -0.05) is 0 Å². The Balaban J connectivity index is 1.62. The monoisotopic (exact) mass is 329 g/mol. The molecular weight excluding hydrogens is 302 g/mol. The van der Waals surface area contributed by atoms with Crippen molar-refractivity contribution in [3.05, 3.63) is 35.4 Å². The second-order valence-corrected chi connectivity index (χ2v) is 6.87. The Morgan fingerprint density at radius 1 is 1.33 bits per heavy atom. The molecule has 6 heteroatoms. The molecule has 3 rings (SSSR count). The van der Waals surface area contributed by atoms with Gasteiger partial charge in [-0.25, -0.2) is 0 Å². The molecule has 6 nitrogen and oxygen atoms in total. The van der Waals surface area contributed by atoms with Crippen molar-refractivity contribution >= 4 is 5.91 Å². The van der Waals surface area contributed by atoms with Crippen LogP contribution in [-0.2, 0) is 24.8 Å². The molecule has 0 saturated carbocycles. The van der Waals surface area contributed by atoms with Gasteiger partial charge in [0.2, 0.25) is 5.91 Å². The molecule has 0 bridgehead atoms. The first-order valence-corrected chi connectivity index (χ1v) is 8.81. The fourth-order valence-electron chi connectivity index (χ4n) is 3.57. The summed E-state index contributed by atoms with van der Waals surface area (Å²) < 4.78 is 3.83. The summed E-state index contributed by atoms with van der Waals surface area (Å²) in [7, 11) is 1.90. The van der Waals surface area contributed by atoms with Crippen molar-refractivity contribution in [2.24, 2.45) is 7.05 Å². The lowest BCUT2D eigenvalue weighted by Gasteiger charge is -2.36. The number of hydrogen-bond donors (Lipinski definition) is 0. The molecule has 1 atom stereocenters. The van der Waals surface area contributed by atoms with E-state index in [0.29, 0.717) is 6.42 Å². The quantitative estimate of drug-likeness (QED) is 0.845. The Kier molecular flexibility index (Phi) is 5.02. The molecule has 1 aliphatic rings. The van der Waals surface area contributed by atoms with Gasteiger partial charge < -0.3 is 4.90 Å². The van der Waals surface area contributed by atoms with Gasteiger partial charge in [-0.3, -0.25) is 14.2 Å². The van der Waals surface area contributed by atoms with Crippen LogP contribution in [0, 0.1) is 13.8 Å². The maximum atomic E-state index is 12.7. The average molecular weight is 329 g/mol. The number of nitrogens with zero attached hydrogens (tertiary/aromatic N) is 5. The first-order chi connectivity index (χ1) is 11.5. The highest BCUT2D eigenvalue weighted by Gasteiger charge is 2.27. The smallest absolute Gasteiger partial charge is 0.223 e. The largest absolute Gasteiger partial charge is 0.338 e. The number of carbonyl (C=O) groups excluding carboxylic acids is 1. The van der Waals surface area contributed by atoms with Crippen LogP contribution in [0.4, 0.5) is 0 Å². The van der Waals surface area contributed by atoms with Crippen LogP contribution in [0.25, 0.3) is 0 Å². The molecule has 1 saturated heterocycles. The summed E-state index contributed by atoms with van der Waals surface area (Å²) >= 11 is 0. The summed E-state index contributed by atoms with van der Waals surface area (Å²) in [4.78, 5) is 14.8. The summed E-state index contributed by atoms with van der Waals surface area (Å²) in [6.45, 7) is 5.77. The molecule has 24 heavy (non-hydrogen) atoms. The van der Waals surface area contributed by atoms with Crippen LogP contribution < -0.4 is 0 Å². The van der Waals surface area contributed by atoms with E-state index in [0.717, 1.165) is 43.6 Å². The van der Waals surface area contributed by atoms with Crippen LogP contribution >= 0.6 is 0 Å². The predicted molar refractivity (Wildman–Crippen MR) is 92.6 cm³/mol. The summed E-state index contributed by atoms with van der Waals surface area (Å²) in [6.07, 6.45) is 8.50. The van der Waals surface area contributed by atoms with E-state index in [1.165, 1.54) is 12.1 Å². The number of hydrogen-bond acceptors (Lipinski definition) is 3. The van der Waals surface area contributed by atoms with Crippen molar-refractivity contribution in [2.75, 3.05) is 6.54 Å². The lowest BCUT2D eigenvalue weighted by molar-refractivity contribution is -0.135. The second kappa shape index (κ2) is 7.20. The van der Waals surface area contributed by atoms with E-state index in [4.69, 9.17) is 0 Å². The Hall–Kier alpha value is -2.11. The molecule has 1 fully saturated rings. The molecular formula is C18H27N5O. The molecule has 0 aromatic carbocycles. The number of piperidine rings is 1. The summed E-state index contributed by atoms with van der Waals surface area (Å²) in [5.74, 6) is 0.255. The number of likely N-dealkylation sites (tertiary alicyclic amines) is 1. The zero-order chi connectivity index (χ0) is 17.1. The van der Waals surface area contributed by atoms with Crippen molar-refractivity contribution in [1.29, 1.82) is 0 Å². The number of aryl methyl sites for hydroxylation is 4. The fraction of sp³-hybridized carbons (Fsp3) is 0.611. The minimum atomic E-state index is 0.255. The zero-order valence-corrected chi connectivity index (χ0v) is 14.9. The van der Waals surface area contributed by atoms with Gasteiger partial charge in [0.05, 0.1) is 24.5 Å². The molecule has 1 unspecified atom stereocenters. The van der Waals surface area contributed by atoms with Gasteiger partial charge in [0.15, 0.2) is 0 Å². The van der Waals surface area contributed by atoms with Gasteiger partial charge in [-0.05, 0) is 51.2 Å². The Morgan fingerprint density at radius 3 is 2.83 bits per heavy atom. The van der Waals surface area contributed by atoms with Crippen molar-refractivity contribution in [2.45, 2.75) is 58.5 Å². The first kappa shape index (κ1) is 16.7. The van der Waals surface area contributed by atoms with E-state index in [2.05, 4.69) is 28.1 Å². The molecule has 0 N–H and O–H groups in total. The normalized spacial score (nSPS) is 18.1. The highest BCUT2D eigenvalue weighted by molar-refractivity contribution is 5.76. The average Bonchev–Trinajstić information content (AvgIpc) is 3.11. The number of carbonyl (C=O) groups is 1. The van der Waals surface area contributed by atoms with Crippen LogP contribution in [0.15, 0.2) is 18.5 Å². The van der Waals surface area contributed by atoms with Crippen LogP contribution in [-0.4, -0.2) is 43.0 Å². The fourth-order valence-corrected chi connectivity index (χ4v) is 3.57. The van der Waals surface area contributed by atoms with E-state index in [1.54, 1.807) is 4.68 Å². The minimum Gasteiger partial charge on any atom is -0.338 e. The van der Waals surface area contributed by atoms with E-state index in [9.17, 15) is 4.79 Å². The molecule has 1 amide bonds. The molecule has 3 heterocycles. The van der Waals surface area contributed by atoms with Gasteiger partial charge in [0, 0.05) is 31.9 Å². The molecule has 0 radical (unpaired) electrons. The van der Waals surface area contributed by atoms with Gasteiger partial charge in [-0.2, -0.15) is 10.2 Å². The first-order valence-electron chi connectivity index (χ1n) is 8.81. The van der Waals surface area contributed by atoms with E-state index in [1.807, 2.05) is 31.0 Å². The second-order valence-electron chi connectivity index (χ2n) is 6.87. The van der Waals surface area contributed by atoms with Crippen molar-refractivity contribution in [3.63, 3.8) is 0 Å². The Bertz CT molecular complexity index is 702. The van der Waals surface area contributed by atoms with Crippen molar-refractivity contribution in [1.82, 2.24) is 24.5 Å². The third-order valence-electron chi connectivity index (χ3n) is 4.82. The van der Waals surface area contributed by atoms with E-state index < -0.39 is 0 Å². The standard InChI is InChI=1S/C18H27N5O/c1-14-10-15(2)23(20-14)13-17-6-4-5-9-22(17)18(24)8-7-16-11-19-21(3)12-16/h10-12,17H,4-9,13H2,1-3H3. The lowest BCUT2D eigenvalue weighted by Crippen LogP contribution is -2.46. The summed E-state index contributed by atoms with van der Waals surface area (Å²) in [5, 5.41) is 8.73. The Labute approximate surface area is 143 Å². The topological polar surface area (TPSA) is 56.0 Å². The highest BCUT2D eigenvalue weighted by Crippen LogP contribution is 2.21. The molecule has 1 aliphatic heterocycles. The van der Waals surface area contributed by atoms with Crippen molar-refractivity contribution < 1.29 is 4.79 Å². The third kappa shape index (κ3) is 3.86. The molecule has 0 spiro atoms. The predicted octanol–water partition coefficient (Wildman–Crippen LogP) is 2.25. The summed E-state index contributed by atoms with van der Waals surface area (Å²) in [5.41, 5.74) is 3.33. The molecule has 0 aliphatic carbocycles. The molecule has 2 aromatic heterocycles. The number of amides is 1. The van der Waals surface area contributed by atoms with E-state index >= 15 is 0 Å². The van der Waals surface area contributed by atoms with Crippen LogP contribution in [0.3, 0.4) is 0 Å². The third-order valence-corrected chi connectivity index (χ3v) is 4.82. The maximum absolute atomic E-state index is 12.7. The molecule has 130 valence electrons. The minimum absolute atomic E-state index is 0.255. The summed E-state index contributed by atoms with van der Waals surface area (Å²) in [6, 6.07) is 2.36. The highest BCUT2D eigenvalue weighted by atomic mass is 16.2. The van der Waals surface area contributed by atoms with E-state index in [-0.39, 0.29) is 11.9 Å². The van der Waals surface area contributed by atoms with Gasteiger partial charge >= 0.3 is 0 Å². The maximum Gasteiger partial charge on any atom is 0.223 e. The number of rotatable bonds is 5. The number of aromatic nitrogens is 4. The molecule has 2 aromatic rings. The van der Waals surface area contributed by atoms with Gasteiger partial charge in [-0.15, -0.1) is 0 Å². The van der Waals surface area contributed by atoms with Crippen LogP contribution in [0.2, 0.25) is 0 Å². The lowest BCUT2D eigenvalue weighted by atomic mass is 10.0. The Morgan fingerprint density at radius 2 is 2.17 bits per heavy atom. The van der Waals surface area contributed by atoms with Crippen molar-refractivity contribution in [3.8, 4) is 0 Å². The van der Waals surface area contributed by atoms with Gasteiger partial charge in [0.25, 0.3) is 0 Å². The van der Waals surface area contributed by atoms with Crippen LogP contribution in [0.1, 0.15) is 42.6 Å². The SMILES string of the molecule is Cc1cc(C)n(CC2CCCCN2C(=O)CCc2cnn(C)c2)n1. The zero-order valence-electron chi connectivity index (χ0n) is 14.9.